The van der Waals surface area contributed by atoms with Crippen molar-refractivity contribution in [3.05, 3.63) is 12.7 Å². The Balaban J connectivity index is 3.48. The van der Waals surface area contributed by atoms with Crippen LogP contribution in [0.2, 0.25) is 0 Å². The molecular formula is C25H52N+. The Labute approximate surface area is 167 Å². The van der Waals surface area contributed by atoms with Crippen LogP contribution in [0.4, 0.5) is 0 Å². The van der Waals surface area contributed by atoms with Gasteiger partial charge in [0.25, 0.3) is 0 Å². The third-order valence-corrected chi connectivity index (χ3v) is 6.14. The molecule has 0 aliphatic rings. The zero-order chi connectivity index (χ0) is 19.5. The zero-order valence-electron chi connectivity index (χ0n) is 19.0. The van der Waals surface area contributed by atoms with Crippen LogP contribution in [0.15, 0.2) is 12.7 Å². The van der Waals surface area contributed by atoms with Crippen LogP contribution < -0.4 is 0 Å². The van der Waals surface area contributed by atoms with Gasteiger partial charge in [0.15, 0.2) is 0 Å². The summed E-state index contributed by atoms with van der Waals surface area (Å²) in [6.07, 6.45) is 26.2. The van der Waals surface area contributed by atoms with E-state index in [1.54, 1.807) is 0 Å². The first kappa shape index (κ1) is 25.7. The van der Waals surface area contributed by atoms with E-state index in [0.29, 0.717) is 0 Å². The summed E-state index contributed by atoms with van der Waals surface area (Å²) in [5.41, 5.74) is 0. The highest BCUT2D eigenvalue weighted by Gasteiger charge is 2.25. The SMILES string of the molecule is C=CCC(CCC)[N+](C)(C)CCCCCCCCCCCCCCCC. The molecule has 0 aromatic rings. The molecule has 26 heavy (non-hydrogen) atoms. The van der Waals surface area contributed by atoms with Crippen molar-refractivity contribution in [2.45, 2.75) is 129 Å². The van der Waals surface area contributed by atoms with Crippen molar-refractivity contribution in [1.82, 2.24) is 0 Å². The van der Waals surface area contributed by atoms with Gasteiger partial charge in [0.1, 0.15) is 0 Å². The second-order valence-electron chi connectivity index (χ2n) is 9.07. The Hall–Kier alpha value is -0.300. The van der Waals surface area contributed by atoms with Gasteiger partial charge in [0, 0.05) is 6.42 Å². The number of rotatable bonds is 20. The molecule has 0 amide bonds. The maximum Gasteiger partial charge on any atom is 0.0920 e. The minimum absolute atomic E-state index is 0.763. The smallest absolute Gasteiger partial charge is 0.0920 e. The molecule has 156 valence electrons. The first-order valence-corrected chi connectivity index (χ1v) is 12.0. The minimum atomic E-state index is 0.763. The average Bonchev–Trinajstić information content (AvgIpc) is 2.61. The maximum atomic E-state index is 3.96. The highest BCUT2D eigenvalue weighted by molar-refractivity contribution is 4.73. The summed E-state index contributed by atoms with van der Waals surface area (Å²) >= 11 is 0. The van der Waals surface area contributed by atoms with Gasteiger partial charge in [0.05, 0.1) is 26.7 Å². The summed E-state index contributed by atoms with van der Waals surface area (Å²) in [7, 11) is 4.85. The quantitative estimate of drug-likeness (QED) is 0.115. The second kappa shape index (κ2) is 18.1. The van der Waals surface area contributed by atoms with Gasteiger partial charge >= 0.3 is 0 Å². The van der Waals surface area contributed by atoms with Crippen LogP contribution in [0.3, 0.4) is 0 Å². The molecule has 0 radical (unpaired) electrons. The van der Waals surface area contributed by atoms with E-state index in [1.807, 2.05) is 0 Å². The fraction of sp³-hybridized carbons (Fsp3) is 0.920. The molecule has 1 atom stereocenters. The molecule has 0 aliphatic heterocycles. The molecule has 1 nitrogen and oxygen atoms in total. The Morgan fingerprint density at radius 2 is 1.08 bits per heavy atom. The normalized spacial score (nSPS) is 13.1. The topological polar surface area (TPSA) is 0 Å². The standard InChI is InChI=1S/C25H52N/c1-6-9-10-11-12-13-14-15-16-17-18-19-20-21-24-26(4,5)25(22-7-2)23-8-3/h7,25H,2,6,8-24H2,1,3-5H3/q+1. The molecule has 0 fully saturated rings. The predicted octanol–water partition coefficient (Wildman–Crippen LogP) is 8.29. The second-order valence-corrected chi connectivity index (χ2v) is 9.07. The summed E-state index contributed by atoms with van der Waals surface area (Å²) in [5, 5.41) is 0. The maximum absolute atomic E-state index is 3.96. The molecule has 0 aromatic heterocycles. The molecule has 0 rings (SSSR count). The molecule has 0 saturated heterocycles. The van der Waals surface area contributed by atoms with Gasteiger partial charge in [-0.1, -0.05) is 103 Å². The van der Waals surface area contributed by atoms with Gasteiger partial charge in [-0.05, 0) is 19.3 Å². The number of unbranched alkanes of at least 4 members (excludes halogenated alkanes) is 13. The Kier molecular flexibility index (Phi) is 17.9. The lowest BCUT2D eigenvalue weighted by atomic mass is 10.0. The summed E-state index contributed by atoms with van der Waals surface area (Å²) in [6, 6.07) is 0.763. The van der Waals surface area contributed by atoms with Gasteiger partial charge in [-0.25, -0.2) is 0 Å². The summed E-state index contributed by atoms with van der Waals surface area (Å²) in [4.78, 5) is 0. The predicted molar refractivity (Wildman–Crippen MR) is 121 cm³/mol. The molecule has 1 unspecified atom stereocenters. The summed E-state index contributed by atoms with van der Waals surface area (Å²) in [6.45, 7) is 9.90. The van der Waals surface area contributed by atoms with Crippen LogP contribution >= 0.6 is 0 Å². The monoisotopic (exact) mass is 366 g/mol. The largest absolute Gasteiger partial charge is 0.326 e. The van der Waals surface area contributed by atoms with Gasteiger partial charge < -0.3 is 4.48 Å². The van der Waals surface area contributed by atoms with E-state index in [1.165, 1.54) is 120 Å². The fourth-order valence-electron chi connectivity index (χ4n) is 4.17. The van der Waals surface area contributed by atoms with E-state index in [9.17, 15) is 0 Å². The molecule has 0 saturated carbocycles. The van der Waals surface area contributed by atoms with E-state index in [2.05, 4.69) is 40.6 Å². The number of nitrogens with zero attached hydrogens (tertiary/aromatic N) is 1. The third-order valence-electron chi connectivity index (χ3n) is 6.14. The van der Waals surface area contributed by atoms with Crippen LogP contribution in [0.1, 0.15) is 123 Å². The van der Waals surface area contributed by atoms with Crippen molar-refractivity contribution >= 4 is 0 Å². The van der Waals surface area contributed by atoms with E-state index in [4.69, 9.17) is 0 Å². The lowest BCUT2D eigenvalue weighted by Gasteiger charge is -2.38. The third kappa shape index (κ3) is 14.8. The van der Waals surface area contributed by atoms with Crippen molar-refractivity contribution in [3.63, 3.8) is 0 Å². The molecule has 1 heteroatoms. The Morgan fingerprint density at radius 1 is 0.654 bits per heavy atom. The van der Waals surface area contributed by atoms with Crippen molar-refractivity contribution in [2.75, 3.05) is 20.6 Å². The highest BCUT2D eigenvalue weighted by atomic mass is 15.3. The molecule has 0 heterocycles. The molecule has 0 bridgehead atoms. The fourth-order valence-corrected chi connectivity index (χ4v) is 4.17. The number of hydrogen-bond acceptors (Lipinski definition) is 0. The van der Waals surface area contributed by atoms with E-state index in [0.717, 1.165) is 6.04 Å². The van der Waals surface area contributed by atoms with Crippen LogP contribution in [-0.2, 0) is 0 Å². The van der Waals surface area contributed by atoms with Crippen molar-refractivity contribution < 1.29 is 4.48 Å². The van der Waals surface area contributed by atoms with Crippen molar-refractivity contribution in [2.24, 2.45) is 0 Å². The zero-order valence-corrected chi connectivity index (χ0v) is 19.0. The van der Waals surface area contributed by atoms with Gasteiger partial charge in [0.2, 0.25) is 0 Å². The van der Waals surface area contributed by atoms with Crippen LogP contribution in [0.25, 0.3) is 0 Å². The van der Waals surface area contributed by atoms with Gasteiger partial charge in [-0.15, -0.1) is 6.58 Å². The average molecular weight is 367 g/mol. The van der Waals surface area contributed by atoms with Crippen molar-refractivity contribution in [1.29, 1.82) is 0 Å². The lowest BCUT2D eigenvalue weighted by Crippen LogP contribution is -2.49. The Morgan fingerprint density at radius 3 is 1.46 bits per heavy atom. The molecule has 0 aliphatic carbocycles. The minimum Gasteiger partial charge on any atom is -0.326 e. The Bertz CT molecular complexity index is 295. The van der Waals surface area contributed by atoms with E-state index in [-0.39, 0.29) is 0 Å². The van der Waals surface area contributed by atoms with Crippen molar-refractivity contribution in [3.8, 4) is 0 Å². The number of quaternary nitrogens is 1. The van der Waals surface area contributed by atoms with E-state index >= 15 is 0 Å². The van der Waals surface area contributed by atoms with Gasteiger partial charge in [-0.2, -0.15) is 0 Å². The first-order valence-electron chi connectivity index (χ1n) is 12.0. The van der Waals surface area contributed by atoms with Crippen LogP contribution in [0, 0.1) is 0 Å². The van der Waals surface area contributed by atoms with E-state index < -0.39 is 0 Å². The van der Waals surface area contributed by atoms with Gasteiger partial charge in [-0.3, -0.25) is 0 Å². The molecule has 0 spiro atoms. The molecular weight excluding hydrogens is 314 g/mol. The summed E-state index contributed by atoms with van der Waals surface area (Å²) < 4.78 is 1.18. The van der Waals surface area contributed by atoms with Crippen LogP contribution in [0.5, 0.6) is 0 Å². The molecule has 0 N–H and O–H groups in total. The van der Waals surface area contributed by atoms with Crippen LogP contribution in [-0.4, -0.2) is 31.2 Å². The lowest BCUT2D eigenvalue weighted by molar-refractivity contribution is -0.915. The highest BCUT2D eigenvalue weighted by Crippen LogP contribution is 2.19. The summed E-state index contributed by atoms with van der Waals surface area (Å²) in [5.74, 6) is 0. The first-order chi connectivity index (χ1) is 12.6. The molecule has 0 aromatic carbocycles. The number of hydrogen-bond donors (Lipinski definition) is 0.